The largest absolute Gasteiger partial charge is 0.480 e. The molecule has 0 fully saturated rings. The fourth-order valence-corrected chi connectivity index (χ4v) is 1.26. The highest BCUT2D eigenvalue weighted by Gasteiger charge is 2.22. The van der Waals surface area contributed by atoms with Crippen LogP contribution < -0.4 is 10.9 Å². The Bertz CT molecular complexity index is 525. The minimum Gasteiger partial charge on any atom is -0.480 e. The third-order valence-electron chi connectivity index (χ3n) is 2.14. The molecule has 0 aliphatic carbocycles. The first-order valence-electron chi connectivity index (χ1n) is 5.33. The lowest BCUT2D eigenvalue weighted by Crippen LogP contribution is -2.43. The van der Waals surface area contributed by atoms with Crippen LogP contribution in [0.4, 0.5) is 4.79 Å². The fourth-order valence-electron chi connectivity index (χ4n) is 1.26. The van der Waals surface area contributed by atoms with Crippen molar-refractivity contribution in [3.05, 3.63) is 41.1 Å². The molecule has 0 saturated carbocycles. The second-order valence-corrected chi connectivity index (χ2v) is 3.53. The summed E-state index contributed by atoms with van der Waals surface area (Å²) in [6.45, 7) is 3.32. The van der Waals surface area contributed by atoms with Gasteiger partial charge in [0.15, 0.2) is 0 Å². The Kier molecular flexibility index (Phi) is 5.27. The second kappa shape index (κ2) is 6.94. The van der Waals surface area contributed by atoms with Crippen molar-refractivity contribution in [1.29, 1.82) is 0 Å². The predicted molar refractivity (Wildman–Crippen MR) is 64.7 cm³/mol. The Morgan fingerprint density at radius 2 is 2.37 bits per heavy atom. The van der Waals surface area contributed by atoms with E-state index in [0.29, 0.717) is 0 Å². The quantitative estimate of drug-likeness (QED) is 0.607. The highest BCUT2D eigenvalue weighted by molar-refractivity contribution is 5.80. The summed E-state index contributed by atoms with van der Waals surface area (Å²) in [4.78, 5) is 39.6. The second-order valence-electron chi connectivity index (χ2n) is 3.53. The van der Waals surface area contributed by atoms with E-state index in [1.165, 1.54) is 18.6 Å². The van der Waals surface area contributed by atoms with E-state index < -0.39 is 23.7 Å². The summed E-state index contributed by atoms with van der Waals surface area (Å²) in [5.74, 6) is -1.28. The molecule has 3 N–H and O–H groups in total. The van der Waals surface area contributed by atoms with Crippen molar-refractivity contribution in [1.82, 2.24) is 15.3 Å². The van der Waals surface area contributed by atoms with Crippen LogP contribution in [0.25, 0.3) is 0 Å². The van der Waals surface area contributed by atoms with E-state index in [9.17, 15) is 14.4 Å². The van der Waals surface area contributed by atoms with Gasteiger partial charge in [0.05, 0.1) is 6.33 Å². The van der Waals surface area contributed by atoms with Crippen LogP contribution in [-0.2, 0) is 16.0 Å². The number of nitrogens with one attached hydrogen (secondary N) is 2. The minimum absolute atomic E-state index is 0.0361. The topological polar surface area (TPSA) is 121 Å². The standard InChI is InChI=1S/C11H13N3O5/c1-2-3-19-11(18)14-8(10(16)17)4-7-5-12-6-13-9(7)15/h2,5-6,8H,1,3-4H2,(H,14,18)(H,16,17)(H,12,13,15). The van der Waals surface area contributed by atoms with Crippen LogP contribution in [0.3, 0.4) is 0 Å². The van der Waals surface area contributed by atoms with Crippen LogP contribution in [0.1, 0.15) is 5.56 Å². The van der Waals surface area contributed by atoms with Crippen LogP contribution in [0, 0.1) is 0 Å². The highest BCUT2D eigenvalue weighted by atomic mass is 16.5. The summed E-state index contributed by atoms with van der Waals surface area (Å²) >= 11 is 0. The number of carbonyl (C=O) groups excluding carboxylic acids is 1. The van der Waals surface area contributed by atoms with Gasteiger partial charge in [-0.2, -0.15) is 0 Å². The third kappa shape index (κ3) is 4.62. The summed E-state index contributed by atoms with van der Waals surface area (Å²) in [7, 11) is 0. The van der Waals surface area contributed by atoms with Gasteiger partial charge in [-0.25, -0.2) is 14.6 Å². The fraction of sp³-hybridized carbons (Fsp3) is 0.273. The van der Waals surface area contributed by atoms with E-state index >= 15 is 0 Å². The van der Waals surface area contributed by atoms with Gasteiger partial charge in [0.1, 0.15) is 12.6 Å². The first kappa shape index (κ1) is 14.4. The van der Waals surface area contributed by atoms with Gasteiger partial charge in [-0.05, 0) is 0 Å². The maximum Gasteiger partial charge on any atom is 0.408 e. The molecule has 8 nitrogen and oxygen atoms in total. The highest BCUT2D eigenvalue weighted by Crippen LogP contribution is 1.97. The number of hydrogen-bond donors (Lipinski definition) is 3. The summed E-state index contributed by atoms with van der Waals surface area (Å²) in [5, 5.41) is 11.1. The van der Waals surface area contributed by atoms with Gasteiger partial charge in [-0.1, -0.05) is 12.7 Å². The number of carboxylic acid groups (broad SMARTS) is 1. The molecular weight excluding hydrogens is 254 g/mol. The molecule has 1 aromatic rings. The summed E-state index contributed by atoms with van der Waals surface area (Å²) in [6.07, 6.45) is 2.69. The van der Waals surface area contributed by atoms with Crippen molar-refractivity contribution in [3.8, 4) is 0 Å². The number of alkyl carbamates (subject to hydrolysis) is 1. The molecule has 0 aliphatic heterocycles. The first-order valence-corrected chi connectivity index (χ1v) is 5.33. The Labute approximate surface area is 108 Å². The lowest BCUT2D eigenvalue weighted by molar-refractivity contribution is -0.139. The molecule has 0 aliphatic rings. The van der Waals surface area contributed by atoms with E-state index in [2.05, 4.69) is 26.6 Å². The number of H-pyrrole nitrogens is 1. The molecule has 1 aromatic heterocycles. The van der Waals surface area contributed by atoms with Crippen LogP contribution >= 0.6 is 0 Å². The van der Waals surface area contributed by atoms with Crippen LogP contribution in [0.15, 0.2) is 30.0 Å². The number of ether oxygens (including phenoxy) is 1. The molecule has 19 heavy (non-hydrogen) atoms. The van der Waals surface area contributed by atoms with E-state index in [0.717, 1.165) is 0 Å². The Hall–Kier alpha value is -2.64. The number of carboxylic acids is 1. The molecular formula is C11H13N3O5. The number of aromatic amines is 1. The van der Waals surface area contributed by atoms with Crippen molar-refractivity contribution in [3.63, 3.8) is 0 Å². The molecule has 0 radical (unpaired) electrons. The van der Waals surface area contributed by atoms with E-state index in [1.807, 2.05) is 0 Å². The number of aliphatic carboxylic acids is 1. The Balaban J connectivity index is 2.71. The maximum atomic E-state index is 11.4. The van der Waals surface area contributed by atoms with Crippen LogP contribution in [-0.4, -0.2) is 39.8 Å². The summed E-state index contributed by atoms with van der Waals surface area (Å²) < 4.78 is 4.61. The number of amides is 1. The number of rotatable bonds is 6. The van der Waals surface area contributed by atoms with Crippen molar-refractivity contribution < 1.29 is 19.4 Å². The lowest BCUT2D eigenvalue weighted by Gasteiger charge is -2.13. The van der Waals surface area contributed by atoms with Gasteiger partial charge < -0.3 is 20.1 Å². The Morgan fingerprint density at radius 3 is 2.95 bits per heavy atom. The average molecular weight is 267 g/mol. The number of aromatic nitrogens is 2. The van der Waals surface area contributed by atoms with E-state index in [4.69, 9.17) is 5.11 Å². The lowest BCUT2D eigenvalue weighted by atomic mass is 10.1. The molecule has 0 saturated heterocycles. The van der Waals surface area contributed by atoms with Gasteiger partial charge in [0.2, 0.25) is 0 Å². The van der Waals surface area contributed by atoms with Crippen molar-refractivity contribution >= 4 is 12.1 Å². The van der Waals surface area contributed by atoms with Crippen molar-refractivity contribution in [2.75, 3.05) is 6.61 Å². The number of carbonyl (C=O) groups is 2. The normalized spacial score (nSPS) is 11.4. The SMILES string of the molecule is C=CCOC(=O)NC(Cc1cnc[nH]c1=O)C(=O)O. The first-order chi connectivity index (χ1) is 9.04. The molecule has 0 bridgehead atoms. The van der Waals surface area contributed by atoms with Crippen LogP contribution in [0.5, 0.6) is 0 Å². The van der Waals surface area contributed by atoms with Gasteiger partial charge in [-0.3, -0.25) is 4.79 Å². The van der Waals surface area contributed by atoms with Gasteiger partial charge >= 0.3 is 12.1 Å². The zero-order valence-electron chi connectivity index (χ0n) is 9.96. The molecule has 0 aromatic carbocycles. The van der Waals surface area contributed by atoms with Crippen LogP contribution in [0.2, 0.25) is 0 Å². The molecule has 0 spiro atoms. The van der Waals surface area contributed by atoms with Gasteiger partial charge in [0.25, 0.3) is 5.56 Å². The van der Waals surface area contributed by atoms with Crippen molar-refractivity contribution in [2.45, 2.75) is 12.5 Å². The average Bonchev–Trinajstić information content (AvgIpc) is 2.38. The van der Waals surface area contributed by atoms with E-state index in [-0.39, 0.29) is 18.6 Å². The van der Waals surface area contributed by atoms with Crippen molar-refractivity contribution in [2.24, 2.45) is 0 Å². The Morgan fingerprint density at radius 1 is 1.63 bits per heavy atom. The molecule has 1 amide bonds. The molecule has 1 unspecified atom stereocenters. The number of nitrogens with zero attached hydrogens (tertiary/aromatic N) is 1. The zero-order chi connectivity index (χ0) is 14.3. The third-order valence-corrected chi connectivity index (χ3v) is 2.14. The van der Waals surface area contributed by atoms with E-state index in [1.54, 1.807) is 0 Å². The predicted octanol–water partition coefficient (Wildman–Crippen LogP) is -0.322. The molecule has 1 atom stereocenters. The number of hydrogen-bond acceptors (Lipinski definition) is 5. The monoisotopic (exact) mass is 267 g/mol. The maximum absolute atomic E-state index is 11.4. The molecule has 8 heteroatoms. The molecule has 1 heterocycles. The van der Waals surface area contributed by atoms with Gasteiger partial charge in [0, 0.05) is 18.2 Å². The molecule has 102 valence electrons. The smallest absolute Gasteiger partial charge is 0.408 e. The summed E-state index contributed by atoms with van der Waals surface area (Å²) in [6, 6.07) is -1.28. The summed E-state index contributed by atoms with van der Waals surface area (Å²) in [5.41, 5.74) is -0.304. The zero-order valence-corrected chi connectivity index (χ0v) is 9.96. The van der Waals surface area contributed by atoms with Gasteiger partial charge in [-0.15, -0.1) is 0 Å². The minimum atomic E-state index is -1.28. The molecule has 1 rings (SSSR count).